The molecule has 7 nitrogen and oxygen atoms in total. The Labute approximate surface area is 177 Å². The third kappa shape index (κ3) is 3.73. The van der Waals surface area contributed by atoms with Crippen molar-refractivity contribution in [3.05, 3.63) is 77.0 Å². The highest BCUT2D eigenvalue weighted by molar-refractivity contribution is 8.03. The zero-order valence-electron chi connectivity index (χ0n) is 16.4. The number of carbonyl (C=O) groups is 2. The van der Waals surface area contributed by atoms with Gasteiger partial charge in [0.1, 0.15) is 11.5 Å². The summed E-state index contributed by atoms with van der Waals surface area (Å²) >= 11 is 1.27. The van der Waals surface area contributed by atoms with E-state index < -0.39 is 0 Å². The molecule has 2 amide bonds. The van der Waals surface area contributed by atoms with Crippen molar-refractivity contribution < 1.29 is 27.9 Å². The van der Waals surface area contributed by atoms with E-state index in [1.54, 1.807) is 42.7 Å². The molecule has 30 heavy (non-hydrogen) atoms. The van der Waals surface area contributed by atoms with Crippen LogP contribution in [-0.4, -0.2) is 30.9 Å². The Balaban J connectivity index is 1.72. The number of thioether (sulfide) groups is 1. The van der Waals surface area contributed by atoms with Gasteiger partial charge in [0.25, 0.3) is 11.8 Å². The first-order valence-electron chi connectivity index (χ1n) is 9.12. The lowest BCUT2D eigenvalue weighted by molar-refractivity contribution is -0.137. The zero-order chi connectivity index (χ0) is 21.1. The monoisotopic (exact) mass is 425 g/mol. The van der Waals surface area contributed by atoms with Gasteiger partial charge in [0, 0.05) is 0 Å². The minimum atomic E-state index is -0.384. The summed E-state index contributed by atoms with van der Waals surface area (Å²) in [5.41, 5.74) is 0.902. The number of ether oxygens (including phenoxy) is 2. The number of methoxy groups -OCH3 is 2. The summed E-state index contributed by atoms with van der Waals surface area (Å²) in [7, 11) is 3.06. The fourth-order valence-electron chi connectivity index (χ4n) is 3.17. The summed E-state index contributed by atoms with van der Waals surface area (Å²) < 4.78 is 21.4. The first-order valence-corrected chi connectivity index (χ1v) is 10.1. The van der Waals surface area contributed by atoms with Crippen LogP contribution >= 0.6 is 11.8 Å². The number of hydrogen-bond acceptors (Lipinski definition) is 7. The molecule has 0 spiro atoms. The van der Waals surface area contributed by atoms with Crippen LogP contribution in [0.4, 0.5) is 0 Å². The van der Waals surface area contributed by atoms with Crippen LogP contribution in [0.25, 0.3) is 5.57 Å². The highest BCUT2D eigenvalue weighted by Gasteiger charge is 2.40. The summed E-state index contributed by atoms with van der Waals surface area (Å²) in [6.45, 7) is 0.0618. The molecule has 2 aromatic heterocycles. The number of nitrogens with zero attached hydrogens (tertiary/aromatic N) is 1. The summed E-state index contributed by atoms with van der Waals surface area (Å²) in [5.74, 6) is 1.93. The second-order valence-corrected chi connectivity index (χ2v) is 7.40. The maximum Gasteiger partial charge on any atom is 0.268 e. The maximum atomic E-state index is 13.3. The SMILES string of the molecule is COc1ccc(C2=C(SCc3ccco3)C(=O)N(Cc3ccco3)C2=O)cc1OC. The van der Waals surface area contributed by atoms with Crippen LogP contribution in [0.5, 0.6) is 11.5 Å². The van der Waals surface area contributed by atoms with Gasteiger partial charge in [-0.05, 0) is 42.0 Å². The predicted octanol–water partition coefficient (Wildman–Crippen LogP) is 4.10. The molecule has 0 unspecified atom stereocenters. The number of amides is 2. The predicted molar refractivity (Wildman–Crippen MR) is 111 cm³/mol. The first kappa shape index (κ1) is 19.9. The van der Waals surface area contributed by atoms with Crippen LogP contribution in [0.1, 0.15) is 17.1 Å². The summed E-state index contributed by atoms with van der Waals surface area (Å²) in [4.78, 5) is 28.0. The normalized spacial score (nSPS) is 14.0. The van der Waals surface area contributed by atoms with Gasteiger partial charge in [-0.25, -0.2) is 0 Å². The smallest absolute Gasteiger partial charge is 0.268 e. The Morgan fingerprint density at radius 3 is 2.23 bits per heavy atom. The van der Waals surface area contributed by atoms with E-state index in [0.29, 0.717) is 44.8 Å². The van der Waals surface area contributed by atoms with Crippen LogP contribution in [0.2, 0.25) is 0 Å². The zero-order valence-corrected chi connectivity index (χ0v) is 17.2. The molecule has 0 fully saturated rings. The lowest BCUT2D eigenvalue weighted by Gasteiger charge is -2.14. The van der Waals surface area contributed by atoms with Gasteiger partial charge < -0.3 is 18.3 Å². The van der Waals surface area contributed by atoms with Crippen molar-refractivity contribution in [3.63, 3.8) is 0 Å². The van der Waals surface area contributed by atoms with Gasteiger partial charge >= 0.3 is 0 Å². The molecular formula is C22H19NO6S. The highest BCUT2D eigenvalue weighted by atomic mass is 32.2. The Kier molecular flexibility index (Phi) is 5.67. The molecule has 1 aromatic carbocycles. The van der Waals surface area contributed by atoms with E-state index in [1.165, 1.54) is 37.1 Å². The first-order chi connectivity index (χ1) is 14.6. The van der Waals surface area contributed by atoms with Crippen LogP contribution < -0.4 is 9.47 Å². The Morgan fingerprint density at radius 2 is 1.60 bits per heavy atom. The van der Waals surface area contributed by atoms with Crippen molar-refractivity contribution in [2.24, 2.45) is 0 Å². The molecule has 1 aliphatic heterocycles. The maximum absolute atomic E-state index is 13.3. The van der Waals surface area contributed by atoms with E-state index >= 15 is 0 Å². The Bertz CT molecular complexity index is 1090. The van der Waals surface area contributed by atoms with Crippen LogP contribution in [-0.2, 0) is 21.9 Å². The molecule has 0 saturated carbocycles. The van der Waals surface area contributed by atoms with Crippen LogP contribution in [0.15, 0.2) is 68.7 Å². The number of furan rings is 2. The lowest BCUT2D eigenvalue weighted by Crippen LogP contribution is -2.30. The van der Waals surface area contributed by atoms with E-state index in [2.05, 4.69) is 0 Å². The molecule has 0 bridgehead atoms. The number of imide groups is 1. The third-order valence-corrected chi connectivity index (χ3v) is 5.73. The molecule has 3 aromatic rings. The molecule has 0 aliphatic carbocycles. The van der Waals surface area contributed by atoms with Gasteiger partial charge in [-0.15, -0.1) is 11.8 Å². The summed E-state index contributed by atoms with van der Waals surface area (Å²) in [6, 6.07) is 12.2. The molecule has 1 aliphatic rings. The minimum absolute atomic E-state index is 0.0618. The fraction of sp³-hybridized carbons (Fsp3) is 0.182. The second-order valence-electron chi connectivity index (χ2n) is 6.42. The molecule has 154 valence electrons. The average Bonchev–Trinajstić information content (AvgIpc) is 3.51. The van der Waals surface area contributed by atoms with Gasteiger partial charge in [0.2, 0.25) is 0 Å². The van der Waals surface area contributed by atoms with Crippen molar-refractivity contribution in [2.45, 2.75) is 12.3 Å². The molecule has 0 N–H and O–H groups in total. The topological polar surface area (TPSA) is 82.1 Å². The van der Waals surface area contributed by atoms with Crippen LogP contribution in [0, 0.1) is 0 Å². The third-order valence-electron chi connectivity index (χ3n) is 4.63. The second kappa shape index (κ2) is 8.54. The average molecular weight is 425 g/mol. The summed E-state index contributed by atoms with van der Waals surface area (Å²) in [6.07, 6.45) is 3.08. The Hall–Kier alpha value is -3.39. The van der Waals surface area contributed by atoms with Crippen molar-refractivity contribution in [3.8, 4) is 11.5 Å². The summed E-state index contributed by atoms with van der Waals surface area (Å²) in [5, 5.41) is 0. The number of hydrogen-bond donors (Lipinski definition) is 0. The standard InChI is InChI=1S/C22H19NO6S/c1-26-17-8-7-14(11-18(17)27-2)19-20(30-13-16-6-4-10-29-16)22(25)23(21(19)24)12-15-5-3-9-28-15/h3-11H,12-13H2,1-2H3. The van der Waals surface area contributed by atoms with Gasteiger partial charge in [-0.2, -0.15) is 0 Å². The minimum Gasteiger partial charge on any atom is -0.493 e. The van der Waals surface area contributed by atoms with Crippen molar-refractivity contribution in [1.82, 2.24) is 4.90 Å². The number of carbonyl (C=O) groups excluding carboxylic acids is 2. The van der Waals surface area contributed by atoms with E-state index in [0.717, 1.165) is 0 Å². The fourth-order valence-corrected chi connectivity index (χ4v) is 4.21. The van der Waals surface area contributed by atoms with Crippen molar-refractivity contribution in [2.75, 3.05) is 14.2 Å². The van der Waals surface area contributed by atoms with Crippen molar-refractivity contribution in [1.29, 1.82) is 0 Å². The molecule has 8 heteroatoms. The molecule has 3 heterocycles. The van der Waals surface area contributed by atoms with Crippen LogP contribution in [0.3, 0.4) is 0 Å². The molecule has 0 atom stereocenters. The van der Waals surface area contributed by atoms with Gasteiger partial charge in [-0.3, -0.25) is 14.5 Å². The molecule has 4 rings (SSSR count). The largest absolute Gasteiger partial charge is 0.493 e. The van der Waals surface area contributed by atoms with E-state index in [1.807, 2.05) is 6.07 Å². The van der Waals surface area contributed by atoms with Gasteiger partial charge in [0.15, 0.2) is 11.5 Å². The Morgan fingerprint density at radius 1 is 0.900 bits per heavy atom. The van der Waals surface area contributed by atoms with E-state index in [4.69, 9.17) is 18.3 Å². The number of benzene rings is 1. The van der Waals surface area contributed by atoms with Crippen molar-refractivity contribution >= 4 is 29.1 Å². The molecular weight excluding hydrogens is 406 g/mol. The van der Waals surface area contributed by atoms with E-state index in [-0.39, 0.29) is 18.4 Å². The van der Waals surface area contributed by atoms with Gasteiger partial charge in [0.05, 0.1) is 49.5 Å². The van der Waals surface area contributed by atoms with E-state index in [9.17, 15) is 9.59 Å². The van der Waals surface area contributed by atoms with Gasteiger partial charge in [-0.1, -0.05) is 6.07 Å². The molecule has 0 saturated heterocycles. The number of rotatable bonds is 8. The molecule has 0 radical (unpaired) electrons. The quantitative estimate of drug-likeness (QED) is 0.503. The lowest BCUT2D eigenvalue weighted by atomic mass is 10.1. The highest BCUT2D eigenvalue weighted by Crippen LogP contribution is 2.40.